The molecule has 0 unspecified atom stereocenters. The smallest absolute Gasteiger partial charge is 0.164 e. The summed E-state index contributed by atoms with van der Waals surface area (Å²) in [7, 11) is 0. The molecule has 0 bridgehead atoms. The SMILES string of the molecule is CC1CCN([C@@H](CNc2nc(-c3cccnc3)nc3sc4c(c23)CCC4)c2cccs2)CC1. The molecule has 0 amide bonds. The number of aromatic nitrogens is 3. The minimum atomic E-state index is 0.371. The average Bonchev–Trinajstić information content (AvgIpc) is 3.59. The van der Waals surface area contributed by atoms with Crippen LogP contribution >= 0.6 is 22.7 Å². The molecule has 1 N–H and O–H groups in total. The molecule has 0 saturated carbocycles. The summed E-state index contributed by atoms with van der Waals surface area (Å²) in [6.07, 6.45) is 9.76. The maximum absolute atomic E-state index is 5.06. The number of anilines is 1. The number of nitrogens with zero attached hydrogens (tertiary/aromatic N) is 4. The summed E-state index contributed by atoms with van der Waals surface area (Å²) < 4.78 is 0. The van der Waals surface area contributed by atoms with Gasteiger partial charge in [0.2, 0.25) is 0 Å². The van der Waals surface area contributed by atoms with Gasteiger partial charge in [0.1, 0.15) is 10.6 Å². The van der Waals surface area contributed by atoms with Crippen molar-refractivity contribution in [2.24, 2.45) is 5.92 Å². The van der Waals surface area contributed by atoms with E-state index in [1.54, 1.807) is 6.20 Å². The Kier molecular flexibility index (Phi) is 5.86. The second-order valence-electron chi connectivity index (χ2n) is 9.31. The number of rotatable bonds is 6. The molecule has 0 radical (unpaired) electrons. The molecule has 4 aromatic heterocycles. The van der Waals surface area contributed by atoms with Gasteiger partial charge in [-0.2, -0.15) is 0 Å². The van der Waals surface area contributed by atoms with Crippen molar-refractivity contribution in [2.75, 3.05) is 25.0 Å². The minimum absolute atomic E-state index is 0.371. The lowest BCUT2D eigenvalue weighted by molar-refractivity contribution is 0.145. The van der Waals surface area contributed by atoms with E-state index in [0.29, 0.717) is 6.04 Å². The molecular weight excluding hydrogens is 446 g/mol. The molecule has 1 fully saturated rings. The van der Waals surface area contributed by atoms with Crippen LogP contribution in [0.3, 0.4) is 0 Å². The van der Waals surface area contributed by atoms with E-state index in [2.05, 4.69) is 39.6 Å². The Morgan fingerprint density at radius 2 is 2.06 bits per heavy atom. The van der Waals surface area contributed by atoms with Gasteiger partial charge in [0.25, 0.3) is 0 Å². The molecule has 33 heavy (non-hydrogen) atoms. The fourth-order valence-corrected chi connectivity index (χ4v) is 7.29. The third kappa shape index (κ3) is 4.18. The van der Waals surface area contributed by atoms with Crippen LogP contribution in [0.25, 0.3) is 21.6 Å². The monoisotopic (exact) mass is 475 g/mol. The fourth-order valence-electron chi connectivity index (χ4n) is 5.17. The van der Waals surface area contributed by atoms with E-state index in [4.69, 9.17) is 9.97 Å². The van der Waals surface area contributed by atoms with E-state index in [1.165, 1.54) is 59.5 Å². The van der Waals surface area contributed by atoms with Crippen molar-refractivity contribution >= 4 is 38.7 Å². The number of pyridine rings is 1. The van der Waals surface area contributed by atoms with Crippen LogP contribution < -0.4 is 5.32 Å². The zero-order valence-electron chi connectivity index (χ0n) is 19.0. The van der Waals surface area contributed by atoms with Gasteiger partial charge >= 0.3 is 0 Å². The summed E-state index contributed by atoms with van der Waals surface area (Å²) in [5, 5.41) is 7.26. The fraction of sp³-hybridized carbons (Fsp3) is 0.423. The van der Waals surface area contributed by atoms with Crippen LogP contribution in [0.15, 0.2) is 42.0 Å². The molecule has 5 nitrogen and oxygen atoms in total. The molecule has 5 heterocycles. The summed E-state index contributed by atoms with van der Waals surface area (Å²) in [6.45, 7) is 5.57. The quantitative estimate of drug-likeness (QED) is 0.360. The number of fused-ring (bicyclic) bond motifs is 3. The highest BCUT2D eigenvalue weighted by Crippen LogP contribution is 2.41. The van der Waals surface area contributed by atoms with E-state index in [9.17, 15) is 0 Å². The van der Waals surface area contributed by atoms with Crippen LogP contribution in [0.2, 0.25) is 0 Å². The predicted molar refractivity (Wildman–Crippen MR) is 138 cm³/mol. The van der Waals surface area contributed by atoms with Crippen LogP contribution in [0.4, 0.5) is 5.82 Å². The van der Waals surface area contributed by atoms with E-state index >= 15 is 0 Å². The van der Waals surface area contributed by atoms with Gasteiger partial charge in [0.05, 0.1) is 11.4 Å². The number of likely N-dealkylation sites (tertiary alicyclic amines) is 1. The van der Waals surface area contributed by atoms with E-state index in [-0.39, 0.29) is 0 Å². The van der Waals surface area contributed by atoms with Gasteiger partial charge in [-0.1, -0.05) is 13.0 Å². The highest BCUT2D eigenvalue weighted by molar-refractivity contribution is 7.19. The molecular formula is C26H29N5S2. The zero-order chi connectivity index (χ0) is 22.2. The van der Waals surface area contributed by atoms with Crippen molar-refractivity contribution in [3.63, 3.8) is 0 Å². The van der Waals surface area contributed by atoms with Crippen molar-refractivity contribution in [1.82, 2.24) is 19.9 Å². The Labute approximate surface area is 202 Å². The maximum atomic E-state index is 5.06. The number of hydrogen-bond acceptors (Lipinski definition) is 7. The molecule has 1 atom stereocenters. The van der Waals surface area contributed by atoms with E-state index in [1.807, 2.05) is 41.0 Å². The topological polar surface area (TPSA) is 53.9 Å². The van der Waals surface area contributed by atoms with Gasteiger partial charge in [-0.25, -0.2) is 9.97 Å². The largest absolute Gasteiger partial charge is 0.367 e. The Bertz CT molecular complexity index is 1230. The van der Waals surface area contributed by atoms with Crippen molar-refractivity contribution in [1.29, 1.82) is 0 Å². The maximum Gasteiger partial charge on any atom is 0.164 e. The van der Waals surface area contributed by atoms with Crippen LogP contribution in [0.1, 0.15) is 47.5 Å². The summed E-state index contributed by atoms with van der Waals surface area (Å²) >= 11 is 3.72. The predicted octanol–water partition coefficient (Wildman–Crippen LogP) is 6.19. The molecule has 1 aliphatic heterocycles. The molecule has 2 aliphatic rings. The first-order chi connectivity index (χ1) is 16.3. The van der Waals surface area contributed by atoms with Crippen molar-refractivity contribution < 1.29 is 0 Å². The second kappa shape index (κ2) is 9.12. The van der Waals surface area contributed by atoms with Crippen LogP contribution in [-0.2, 0) is 12.8 Å². The Morgan fingerprint density at radius 1 is 1.15 bits per heavy atom. The molecule has 7 heteroatoms. The first kappa shape index (κ1) is 21.2. The van der Waals surface area contributed by atoms with Crippen LogP contribution in [0, 0.1) is 5.92 Å². The van der Waals surface area contributed by atoms with Gasteiger partial charge in [0, 0.05) is 34.3 Å². The third-order valence-corrected chi connectivity index (χ3v) is 9.24. The van der Waals surface area contributed by atoms with Crippen molar-refractivity contribution in [3.8, 4) is 11.4 Å². The van der Waals surface area contributed by atoms with E-state index in [0.717, 1.165) is 40.9 Å². The lowest BCUT2D eigenvalue weighted by Crippen LogP contribution is -2.38. The number of piperidine rings is 1. The van der Waals surface area contributed by atoms with Crippen LogP contribution in [-0.4, -0.2) is 39.5 Å². The van der Waals surface area contributed by atoms with E-state index < -0.39 is 0 Å². The molecule has 0 spiro atoms. The summed E-state index contributed by atoms with van der Waals surface area (Å²) in [6, 6.07) is 8.83. The van der Waals surface area contributed by atoms with Gasteiger partial charge in [-0.05, 0) is 80.3 Å². The molecule has 1 saturated heterocycles. The van der Waals surface area contributed by atoms with Gasteiger partial charge in [0.15, 0.2) is 5.82 Å². The second-order valence-corrected chi connectivity index (χ2v) is 11.4. The average molecular weight is 476 g/mol. The molecule has 6 rings (SSSR count). The Balaban J connectivity index is 1.36. The molecule has 170 valence electrons. The first-order valence-electron chi connectivity index (χ1n) is 12.0. The number of hydrogen-bond donors (Lipinski definition) is 1. The molecule has 1 aliphatic carbocycles. The standard InChI is InChI=1S/C26H29N5S2/c1-17-9-12-31(13-10-17)20(22-8-4-14-32-22)16-28-25-23-19-6-2-7-21(19)33-26(23)30-24(29-25)18-5-3-11-27-15-18/h3-5,8,11,14-15,17,20H,2,6-7,9-10,12-13,16H2,1H3,(H,28,29,30)/t20-/m0/s1. The molecule has 0 aromatic carbocycles. The van der Waals surface area contributed by atoms with Gasteiger partial charge < -0.3 is 5.32 Å². The van der Waals surface area contributed by atoms with Crippen LogP contribution in [0.5, 0.6) is 0 Å². The molecule has 4 aromatic rings. The Hall–Kier alpha value is -2.35. The number of aryl methyl sites for hydroxylation is 2. The van der Waals surface area contributed by atoms with Gasteiger partial charge in [-0.15, -0.1) is 22.7 Å². The highest BCUT2D eigenvalue weighted by atomic mass is 32.1. The van der Waals surface area contributed by atoms with Crippen molar-refractivity contribution in [2.45, 2.75) is 45.1 Å². The normalized spacial score (nSPS) is 18.0. The zero-order valence-corrected chi connectivity index (χ0v) is 20.6. The third-order valence-electron chi connectivity index (χ3n) is 7.08. The lowest BCUT2D eigenvalue weighted by atomic mass is 9.97. The summed E-state index contributed by atoms with van der Waals surface area (Å²) in [4.78, 5) is 21.0. The first-order valence-corrected chi connectivity index (χ1v) is 13.7. The Morgan fingerprint density at radius 3 is 2.85 bits per heavy atom. The number of nitrogens with one attached hydrogen (secondary N) is 1. The summed E-state index contributed by atoms with van der Waals surface area (Å²) in [5.74, 6) is 2.58. The number of thiophene rings is 2. The minimum Gasteiger partial charge on any atom is -0.367 e. The van der Waals surface area contributed by atoms with Crippen molar-refractivity contribution in [3.05, 3.63) is 57.4 Å². The highest BCUT2D eigenvalue weighted by Gasteiger charge is 2.27. The lowest BCUT2D eigenvalue weighted by Gasteiger charge is -2.36. The summed E-state index contributed by atoms with van der Waals surface area (Å²) in [5.41, 5.74) is 2.44. The van der Waals surface area contributed by atoms with Gasteiger partial charge in [-0.3, -0.25) is 9.88 Å².